The molecule has 4 aliphatic carbocycles. The van der Waals surface area contributed by atoms with Crippen molar-refractivity contribution in [1.29, 1.82) is 0 Å². The lowest BCUT2D eigenvalue weighted by Crippen LogP contribution is -2.55. The van der Waals surface area contributed by atoms with Crippen LogP contribution in [-0.2, 0) is 34.8 Å². The molecule has 4 aliphatic rings. The second-order valence-electron chi connectivity index (χ2n) is 11.4. The summed E-state index contributed by atoms with van der Waals surface area (Å²) >= 11 is 0. The summed E-state index contributed by atoms with van der Waals surface area (Å²) < 4.78 is 34.8. The third-order valence-electron chi connectivity index (χ3n) is 8.27. The zero-order valence-corrected chi connectivity index (χ0v) is 24.4. The predicted octanol–water partition coefficient (Wildman–Crippen LogP) is 6.91. The predicted molar refractivity (Wildman–Crippen MR) is 155 cm³/mol. The fourth-order valence-corrected chi connectivity index (χ4v) is 8.73. The highest BCUT2D eigenvalue weighted by atomic mass is 32.2. The highest BCUT2D eigenvalue weighted by molar-refractivity contribution is 7.97. The van der Waals surface area contributed by atoms with Gasteiger partial charge in [-0.05, 0) is 74.4 Å². The summed E-state index contributed by atoms with van der Waals surface area (Å²) in [5.41, 5.74) is -0.608. The van der Waals surface area contributed by atoms with Gasteiger partial charge < -0.3 is 9.47 Å². The number of Topliss-reactive ketones (excluding diaryl/α,β-unsaturated/α-hetero) is 1. The molecule has 0 saturated heterocycles. The third kappa shape index (κ3) is 6.75. The van der Waals surface area contributed by atoms with Crippen LogP contribution in [-0.4, -0.2) is 36.9 Å². The fraction of sp³-hybridized carbons (Fsp3) is 0.382. The smallest absolute Gasteiger partial charge is 0.376 e. The van der Waals surface area contributed by atoms with Gasteiger partial charge in [-0.25, -0.2) is 4.79 Å². The molecule has 3 aromatic rings. The van der Waals surface area contributed by atoms with Crippen molar-refractivity contribution in [3.63, 3.8) is 0 Å². The topological polar surface area (TPSA) is 69.7 Å². The Kier molecular flexibility index (Phi) is 9.11. The van der Waals surface area contributed by atoms with Gasteiger partial charge in [0.15, 0.2) is 14.7 Å². The van der Waals surface area contributed by atoms with Crippen molar-refractivity contribution < 1.29 is 32.6 Å². The van der Waals surface area contributed by atoms with E-state index in [1.165, 1.54) is 14.7 Å². The average molecular weight is 594 g/mol. The minimum atomic E-state index is -3.55. The molecule has 0 radical (unpaired) electrons. The van der Waals surface area contributed by atoms with E-state index < -0.39 is 17.3 Å². The van der Waals surface area contributed by atoms with Crippen LogP contribution in [0.2, 0.25) is 0 Å². The van der Waals surface area contributed by atoms with Crippen LogP contribution in [0.25, 0.3) is 0 Å². The second kappa shape index (κ2) is 12.8. The van der Waals surface area contributed by atoms with Gasteiger partial charge in [-0.1, -0.05) is 54.6 Å². The zero-order chi connectivity index (χ0) is 29.7. The number of halogens is 2. The average Bonchev–Trinajstić information content (AvgIpc) is 2.99. The number of benzene rings is 3. The molecular weight excluding hydrogens is 558 g/mol. The first-order valence-corrected chi connectivity index (χ1v) is 15.5. The molecule has 0 heterocycles. The first kappa shape index (κ1) is 30.0. The number of rotatable bonds is 8. The first-order chi connectivity index (χ1) is 20.2. The number of hydrogen-bond acceptors (Lipinski definition) is 5. The first-order valence-electron chi connectivity index (χ1n) is 14.3. The summed E-state index contributed by atoms with van der Waals surface area (Å²) in [6.07, 6.45) is 3.54. The molecule has 7 rings (SSSR count). The minimum Gasteiger partial charge on any atom is -0.462 e. The monoisotopic (exact) mass is 593 g/mol. The normalized spacial score (nSPS) is 24.1. The molecule has 0 amide bonds. The summed E-state index contributed by atoms with van der Waals surface area (Å²) in [5.74, 6) is -4.96. The Morgan fingerprint density at radius 2 is 1.19 bits per heavy atom. The molecule has 4 saturated carbocycles. The van der Waals surface area contributed by atoms with Gasteiger partial charge in [-0.2, -0.15) is 8.78 Å². The van der Waals surface area contributed by atoms with Crippen LogP contribution in [0.5, 0.6) is 0 Å². The van der Waals surface area contributed by atoms with E-state index in [0.29, 0.717) is 25.7 Å². The van der Waals surface area contributed by atoms with Gasteiger partial charge in [0, 0.05) is 18.8 Å². The number of alkyl halides is 2. The molecule has 0 aromatic heterocycles. The maximum absolute atomic E-state index is 12.6. The van der Waals surface area contributed by atoms with Gasteiger partial charge in [-0.15, -0.1) is 0 Å². The summed E-state index contributed by atoms with van der Waals surface area (Å²) in [6, 6.07) is 32.2. The molecule has 4 bridgehead atoms. The van der Waals surface area contributed by atoms with E-state index in [9.17, 15) is 23.2 Å². The lowest BCUT2D eigenvalue weighted by Gasteiger charge is -2.53. The maximum Gasteiger partial charge on any atom is 0.376 e. The Hall–Kier alpha value is -3.52. The van der Waals surface area contributed by atoms with E-state index >= 15 is 0 Å². The standard InChI is InChI=1S/C18H15S.C16H20F2O5/c1-4-10-16(11-5-1)19(17-12-6-2-7-13-17)18-14-8-3-9-15-18;1-15(17,18)13(20)22-2-3-23-14(21)16-6-9-4-10(7-16)12(19)11(5-9)8-16/h1-15H;9-11H,2-8H2,1H3/q+1;. The van der Waals surface area contributed by atoms with E-state index in [2.05, 4.69) is 95.7 Å². The van der Waals surface area contributed by atoms with Gasteiger partial charge in [-0.3, -0.25) is 9.59 Å². The second-order valence-corrected chi connectivity index (χ2v) is 13.5. The number of esters is 2. The molecule has 0 spiro atoms. The quantitative estimate of drug-likeness (QED) is 0.161. The van der Waals surface area contributed by atoms with Crippen LogP contribution in [0.4, 0.5) is 8.78 Å². The zero-order valence-electron chi connectivity index (χ0n) is 23.5. The molecule has 2 atom stereocenters. The summed E-state index contributed by atoms with van der Waals surface area (Å²) in [6.45, 7) is -0.177. The number of ether oxygens (including phenoxy) is 2. The SMILES string of the molecule is CC(F)(F)C(=O)OCCOC(=O)C12CC3CC(C1)C(=O)C(C3)C2.c1ccc([S+](c2ccccc2)c2ccccc2)cc1. The van der Waals surface area contributed by atoms with E-state index in [0.717, 1.165) is 19.3 Å². The lowest BCUT2D eigenvalue weighted by molar-refractivity contribution is -0.180. The molecule has 4 fully saturated rings. The van der Waals surface area contributed by atoms with Gasteiger partial charge in [0.25, 0.3) is 0 Å². The van der Waals surface area contributed by atoms with Gasteiger partial charge in [0.05, 0.1) is 16.3 Å². The molecule has 0 N–H and O–H groups in total. The number of carbonyl (C=O) groups is 3. The van der Waals surface area contributed by atoms with Crippen LogP contribution in [0.1, 0.15) is 39.0 Å². The summed E-state index contributed by atoms with van der Waals surface area (Å²) in [4.78, 5) is 39.5. The van der Waals surface area contributed by atoms with E-state index in [-0.39, 0.29) is 47.7 Å². The molecule has 0 aliphatic heterocycles. The van der Waals surface area contributed by atoms with Gasteiger partial charge in [0.2, 0.25) is 0 Å². The minimum absolute atomic E-state index is 0.0146. The van der Waals surface area contributed by atoms with Crippen LogP contribution in [0, 0.1) is 23.2 Å². The molecule has 5 nitrogen and oxygen atoms in total. The van der Waals surface area contributed by atoms with Crippen LogP contribution < -0.4 is 0 Å². The molecule has 2 unspecified atom stereocenters. The lowest BCUT2D eigenvalue weighted by atomic mass is 9.49. The molecule has 42 heavy (non-hydrogen) atoms. The van der Waals surface area contributed by atoms with Gasteiger partial charge in [0.1, 0.15) is 19.0 Å². The van der Waals surface area contributed by atoms with Crippen molar-refractivity contribution in [2.45, 2.75) is 59.6 Å². The summed E-state index contributed by atoms with van der Waals surface area (Å²) in [7, 11) is -0.0146. The Labute approximate surface area is 248 Å². The highest BCUT2D eigenvalue weighted by Gasteiger charge is 2.59. The van der Waals surface area contributed by atoms with Crippen molar-refractivity contribution in [2.75, 3.05) is 13.2 Å². The van der Waals surface area contributed by atoms with E-state index in [1.807, 2.05) is 0 Å². The van der Waals surface area contributed by atoms with Crippen LogP contribution in [0.15, 0.2) is 106 Å². The Bertz CT molecular complexity index is 1270. The Balaban J connectivity index is 0.000000171. The highest BCUT2D eigenvalue weighted by Crippen LogP contribution is 2.59. The van der Waals surface area contributed by atoms with E-state index in [4.69, 9.17) is 4.74 Å². The Morgan fingerprint density at radius 1 is 0.762 bits per heavy atom. The van der Waals surface area contributed by atoms with E-state index in [1.54, 1.807) is 0 Å². The largest absolute Gasteiger partial charge is 0.462 e. The summed E-state index contributed by atoms with van der Waals surface area (Å²) in [5, 5.41) is 0. The van der Waals surface area contributed by atoms with Crippen LogP contribution in [0.3, 0.4) is 0 Å². The number of ketones is 1. The van der Waals surface area contributed by atoms with Crippen LogP contribution >= 0.6 is 0 Å². The molecular formula is C34H35F2O5S+. The van der Waals surface area contributed by atoms with Crippen molar-refractivity contribution in [3.8, 4) is 0 Å². The number of hydrogen-bond donors (Lipinski definition) is 0. The van der Waals surface area contributed by atoms with Crippen molar-refractivity contribution >= 4 is 28.6 Å². The third-order valence-corrected chi connectivity index (χ3v) is 10.5. The molecule has 3 aromatic carbocycles. The van der Waals surface area contributed by atoms with Crippen molar-refractivity contribution in [3.05, 3.63) is 91.0 Å². The molecule has 8 heteroatoms. The van der Waals surface area contributed by atoms with Crippen molar-refractivity contribution in [2.24, 2.45) is 23.2 Å². The Morgan fingerprint density at radius 3 is 1.62 bits per heavy atom. The molecule has 220 valence electrons. The maximum atomic E-state index is 12.6. The van der Waals surface area contributed by atoms with Crippen molar-refractivity contribution in [1.82, 2.24) is 0 Å². The fourth-order valence-electron chi connectivity index (χ4n) is 6.62. The van der Waals surface area contributed by atoms with Gasteiger partial charge >= 0.3 is 17.9 Å². The number of carbonyl (C=O) groups excluding carboxylic acids is 3.